The van der Waals surface area contributed by atoms with Crippen LogP contribution in [0.5, 0.6) is 0 Å². The van der Waals surface area contributed by atoms with Gasteiger partial charge in [-0.1, -0.05) is 30.3 Å². The molecule has 0 spiro atoms. The Labute approximate surface area is 115 Å². The maximum Gasteiger partial charge on any atom is 0.408 e. The van der Waals surface area contributed by atoms with Gasteiger partial charge in [0.1, 0.15) is 6.61 Å². The van der Waals surface area contributed by atoms with E-state index in [0.29, 0.717) is 0 Å². The van der Waals surface area contributed by atoms with Crippen molar-refractivity contribution in [2.75, 3.05) is 0 Å². The van der Waals surface area contributed by atoms with Crippen LogP contribution >= 0.6 is 0 Å². The van der Waals surface area contributed by atoms with Gasteiger partial charge in [0, 0.05) is 19.3 Å². The molecule has 1 N–H and O–H groups in total. The molecule has 1 saturated carbocycles. The number of carbonyl (C=O) groups excluding carboxylic acids is 2. The molecule has 1 fully saturated rings. The zero-order valence-electron chi connectivity index (χ0n) is 10.8. The van der Waals surface area contributed by atoms with Crippen molar-refractivity contribution in [3.63, 3.8) is 0 Å². The van der Waals surface area contributed by atoms with Crippen molar-refractivity contribution in [3.8, 4) is 0 Å². The second-order valence-corrected chi connectivity index (χ2v) is 4.79. The molecule has 6 heteroatoms. The molecule has 0 aliphatic heterocycles. The molecular weight excluding hydrogens is 268 g/mol. The van der Waals surface area contributed by atoms with Crippen LogP contribution in [0.15, 0.2) is 30.3 Å². The number of Topliss-reactive ketones (excluding diaryl/α,β-unsaturated/α-hetero) is 1. The van der Waals surface area contributed by atoms with E-state index in [1.165, 1.54) is 0 Å². The third-order valence-corrected chi connectivity index (χ3v) is 3.13. The van der Waals surface area contributed by atoms with Gasteiger partial charge in [-0.05, 0) is 5.56 Å². The molecule has 2 rings (SSSR count). The minimum Gasteiger partial charge on any atom is -0.445 e. The summed E-state index contributed by atoms with van der Waals surface area (Å²) in [6, 6.07) is 7.79. The second kappa shape index (κ2) is 5.98. The maximum absolute atomic E-state index is 13.2. The van der Waals surface area contributed by atoms with Crippen molar-refractivity contribution in [1.29, 1.82) is 0 Å². The lowest BCUT2D eigenvalue weighted by Gasteiger charge is -2.27. The van der Waals surface area contributed by atoms with Crippen LogP contribution in [0, 0.1) is 0 Å². The lowest BCUT2D eigenvalue weighted by molar-refractivity contribution is -0.131. The number of alkyl carbamates (subject to hydrolysis) is 1. The average molecular weight is 283 g/mol. The van der Waals surface area contributed by atoms with Gasteiger partial charge in [-0.2, -0.15) is 0 Å². The number of halogens is 2. The van der Waals surface area contributed by atoms with E-state index in [1.807, 2.05) is 6.07 Å². The highest BCUT2D eigenvalue weighted by Gasteiger charge is 2.41. The summed E-state index contributed by atoms with van der Waals surface area (Å²) in [5.74, 6) is -3.29. The lowest BCUT2D eigenvalue weighted by Crippen LogP contribution is -2.48. The Morgan fingerprint density at radius 2 is 2.05 bits per heavy atom. The van der Waals surface area contributed by atoms with E-state index >= 15 is 0 Å². The number of benzene rings is 1. The van der Waals surface area contributed by atoms with E-state index in [2.05, 4.69) is 5.32 Å². The lowest BCUT2D eigenvalue weighted by atomic mass is 9.91. The third kappa shape index (κ3) is 4.01. The largest absolute Gasteiger partial charge is 0.445 e. The van der Waals surface area contributed by atoms with Gasteiger partial charge in [0.15, 0.2) is 5.78 Å². The number of hydrogen-bond acceptors (Lipinski definition) is 3. The second-order valence-electron chi connectivity index (χ2n) is 4.79. The van der Waals surface area contributed by atoms with Gasteiger partial charge >= 0.3 is 6.09 Å². The zero-order valence-corrected chi connectivity index (χ0v) is 10.8. The summed E-state index contributed by atoms with van der Waals surface area (Å²) in [6.45, 7) is 0.0317. The fourth-order valence-electron chi connectivity index (χ4n) is 2.03. The number of rotatable bonds is 3. The van der Waals surface area contributed by atoms with Crippen molar-refractivity contribution in [2.24, 2.45) is 0 Å². The first-order valence-electron chi connectivity index (χ1n) is 6.34. The highest BCUT2D eigenvalue weighted by Crippen LogP contribution is 2.31. The van der Waals surface area contributed by atoms with Crippen LogP contribution in [0.25, 0.3) is 0 Å². The van der Waals surface area contributed by atoms with Gasteiger partial charge < -0.3 is 10.1 Å². The first-order chi connectivity index (χ1) is 9.46. The monoisotopic (exact) mass is 283 g/mol. The SMILES string of the molecule is O=C(NC1CC(F)(F)CCC1=O)OCc1ccccc1. The van der Waals surface area contributed by atoms with E-state index in [9.17, 15) is 18.4 Å². The Hall–Kier alpha value is -1.98. The maximum atomic E-state index is 13.2. The van der Waals surface area contributed by atoms with Crippen LogP contribution in [0.2, 0.25) is 0 Å². The van der Waals surface area contributed by atoms with Gasteiger partial charge in [0.2, 0.25) is 0 Å². The molecule has 4 nitrogen and oxygen atoms in total. The molecule has 0 radical (unpaired) electrons. The summed E-state index contributed by atoms with van der Waals surface area (Å²) in [7, 11) is 0. The molecule has 0 bridgehead atoms. The van der Waals surface area contributed by atoms with Crippen molar-refractivity contribution < 1.29 is 23.1 Å². The van der Waals surface area contributed by atoms with E-state index < -0.39 is 30.9 Å². The Balaban J connectivity index is 1.83. The number of ketones is 1. The van der Waals surface area contributed by atoms with Crippen LogP contribution in [0.1, 0.15) is 24.8 Å². The van der Waals surface area contributed by atoms with Crippen molar-refractivity contribution in [2.45, 2.75) is 37.8 Å². The Kier molecular flexibility index (Phi) is 4.32. The minimum atomic E-state index is -2.91. The molecule has 1 aliphatic carbocycles. The van der Waals surface area contributed by atoms with Crippen LogP contribution in [0.3, 0.4) is 0 Å². The Morgan fingerprint density at radius 3 is 2.75 bits per heavy atom. The van der Waals surface area contributed by atoms with Crippen molar-refractivity contribution in [3.05, 3.63) is 35.9 Å². The van der Waals surface area contributed by atoms with Gasteiger partial charge in [-0.3, -0.25) is 4.79 Å². The summed E-state index contributed by atoms with van der Waals surface area (Å²) in [4.78, 5) is 23.0. The molecule has 1 atom stereocenters. The quantitative estimate of drug-likeness (QED) is 0.928. The average Bonchev–Trinajstić information content (AvgIpc) is 2.42. The molecular formula is C14H15F2NO3. The van der Waals surface area contributed by atoms with E-state index in [4.69, 9.17) is 4.74 Å². The molecule has 108 valence electrons. The predicted molar refractivity (Wildman–Crippen MR) is 67.4 cm³/mol. The van der Waals surface area contributed by atoms with Crippen LogP contribution in [-0.2, 0) is 16.1 Å². The molecule has 1 amide bonds. The Bertz CT molecular complexity index is 490. The molecule has 1 unspecified atom stereocenters. The number of hydrogen-bond donors (Lipinski definition) is 1. The minimum absolute atomic E-state index is 0.0317. The van der Waals surface area contributed by atoms with E-state index in [-0.39, 0.29) is 18.8 Å². The summed E-state index contributed by atoms with van der Waals surface area (Å²) in [5, 5.41) is 2.20. The zero-order chi connectivity index (χ0) is 14.6. The van der Waals surface area contributed by atoms with Crippen LogP contribution in [-0.4, -0.2) is 23.8 Å². The molecule has 1 aliphatic rings. The fraction of sp³-hybridized carbons (Fsp3) is 0.429. The van der Waals surface area contributed by atoms with Crippen LogP contribution < -0.4 is 5.32 Å². The third-order valence-electron chi connectivity index (χ3n) is 3.13. The highest BCUT2D eigenvalue weighted by molar-refractivity contribution is 5.88. The predicted octanol–water partition coefficient (Wildman–Crippen LogP) is 2.67. The molecule has 1 aromatic rings. The number of carbonyl (C=O) groups is 2. The van der Waals surface area contributed by atoms with Crippen molar-refractivity contribution in [1.82, 2.24) is 5.32 Å². The topological polar surface area (TPSA) is 55.4 Å². The van der Waals surface area contributed by atoms with Gasteiger partial charge in [-0.15, -0.1) is 0 Å². The fourth-order valence-corrected chi connectivity index (χ4v) is 2.03. The number of ether oxygens (including phenoxy) is 1. The van der Waals surface area contributed by atoms with Gasteiger partial charge in [0.05, 0.1) is 6.04 Å². The van der Waals surface area contributed by atoms with E-state index in [1.54, 1.807) is 24.3 Å². The standard InChI is InChI=1S/C14H15F2NO3/c15-14(16)7-6-12(18)11(8-14)17-13(19)20-9-10-4-2-1-3-5-10/h1-5,11H,6-9H2,(H,17,19). The Morgan fingerprint density at radius 1 is 1.35 bits per heavy atom. The number of nitrogens with one attached hydrogen (secondary N) is 1. The smallest absolute Gasteiger partial charge is 0.408 e. The molecule has 1 aromatic carbocycles. The first kappa shape index (κ1) is 14.4. The summed E-state index contributed by atoms with van der Waals surface area (Å²) >= 11 is 0. The summed E-state index contributed by atoms with van der Waals surface area (Å²) in [5.41, 5.74) is 0.781. The molecule has 0 saturated heterocycles. The molecule has 20 heavy (non-hydrogen) atoms. The number of alkyl halides is 2. The van der Waals surface area contributed by atoms with Crippen molar-refractivity contribution >= 4 is 11.9 Å². The number of amides is 1. The van der Waals surface area contributed by atoms with Crippen LogP contribution in [0.4, 0.5) is 13.6 Å². The molecule has 0 heterocycles. The molecule has 0 aromatic heterocycles. The summed E-state index contributed by atoms with van der Waals surface area (Å²) in [6.07, 6.45) is -2.20. The van der Waals surface area contributed by atoms with Gasteiger partial charge in [-0.25, -0.2) is 13.6 Å². The van der Waals surface area contributed by atoms with Gasteiger partial charge in [0.25, 0.3) is 5.92 Å². The highest BCUT2D eigenvalue weighted by atomic mass is 19.3. The summed E-state index contributed by atoms with van der Waals surface area (Å²) < 4.78 is 31.3. The normalized spacial score (nSPS) is 21.3. The first-order valence-corrected chi connectivity index (χ1v) is 6.34. The van der Waals surface area contributed by atoms with E-state index in [0.717, 1.165) is 5.56 Å².